The van der Waals surface area contributed by atoms with Gasteiger partial charge in [-0.25, -0.2) is 0 Å². The van der Waals surface area contributed by atoms with Crippen LogP contribution in [0.1, 0.15) is 26.3 Å². The van der Waals surface area contributed by atoms with Crippen LogP contribution in [0.5, 0.6) is 5.75 Å². The molecule has 4 nitrogen and oxygen atoms in total. The average Bonchev–Trinajstić information content (AvgIpc) is 2.61. The van der Waals surface area contributed by atoms with E-state index in [1.807, 2.05) is 20.8 Å². The summed E-state index contributed by atoms with van der Waals surface area (Å²) in [6.45, 7) is 6.07. The van der Waals surface area contributed by atoms with E-state index in [9.17, 15) is 5.11 Å². The Morgan fingerprint density at radius 2 is 1.89 bits per heavy atom. The van der Waals surface area contributed by atoms with Gasteiger partial charge >= 0.3 is 0 Å². The highest BCUT2D eigenvalue weighted by atomic mass is 35.5. The van der Waals surface area contributed by atoms with E-state index in [-0.39, 0.29) is 11.2 Å². The quantitative estimate of drug-likeness (QED) is 0.842. The first-order chi connectivity index (χ1) is 8.71. The van der Waals surface area contributed by atoms with E-state index >= 15 is 0 Å². The Morgan fingerprint density at radius 3 is 2.37 bits per heavy atom. The van der Waals surface area contributed by atoms with Crippen molar-refractivity contribution in [1.82, 2.24) is 9.78 Å². The standard InChI is InChI=1S/C14H18ClN3O/c1-14(2,3)11-6-8(15)5-9(12(11)19)10-7-17-18(4)13(10)16/h5-7,19H,16H2,1-4H3. The zero-order chi connectivity index (χ0) is 14.4. The van der Waals surface area contributed by atoms with Crippen molar-refractivity contribution in [3.8, 4) is 16.9 Å². The topological polar surface area (TPSA) is 64.1 Å². The molecule has 3 N–H and O–H groups in total. The summed E-state index contributed by atoms with van der Waals surface area (Å²) in [6.07, 6.45) is 1.63. The van der Waals surface area contributed by atoms with Gasteiger partial charge in [-0.1, -0.05) is 32.4 Å². The first-order valence-electron chi connectivity index (χ1n) is 6.02. The Labute approximate surface area is 117 Å². The lowest BCUT2D eigenvalue weighted by molar-refractivity contribution is 0.448. The highest BCUT2D eigenvalue weighted by Crippen LogP contribution is 2.42. The zero-order valence-corrected chi connectivity index (χ0v) is 12.3. The van der Waals surface area contributed by atoms with E-state index in [4.69, 9.17) is 17.3 Å². The molecule has 0 atom stereocenters. The molecular formula is C14H18ClN3O. The summed E-state index contributed by atoms with van der Waals surface area (Å²) in [4.78, 5) is 0. The number of anilines is 1. The van der Waals surface area contributed by atoms with Gasteiger partial charge in [0.15, 0.2) is 0 Å². The third-order valence-corrected chi connectivity index (χ3v) is 3.38. The van der Waals surface area contributed by atoms with Crippen LogP contribution in [0, 0.1) is 0 Å². The van der Waals surface area contributed by atoms with Gasteiger partial charge in [-0.2, -0.15) is 5.10 Å². The lowest BCUT2D eigenvalue weighted by Crippen LogP contribution is -2.11. The maximum absolute atomic E-state index is 10.5. The van der Waals surface area contributed by atoms with E-state index in [0.717, 1.165) is 5.56 Å². The van der Waals surface area contributed by atoms with Gasteiger partial charge in [-0.05, 0) is 17.5 Å². The largest absolute Gasteiger partial charge is 0.507 e. The predicted molar refractivity (Wildman–Crippen MR) is 78.4 cm³/mol. The smallest absolute Gasteiger partial charge is 0.129 e. The molecule has 0 fully saturated rings. The Bertz CT molecular complexity index is 626. The molecule has 1 aromatic carbocycles. The first-order valence-corrected chi connectivity index (χ1v) is 6.40. The van der Waals surface area contributed by atoms with Crippen molar-refractivity contribution in [3.05, 3.63) is 28.9 Å². The van der Waals surface area contributed by atoms with Crippen molar-refractivity contribution >= 4 is 17.4 Å². The van der Waals surface area contributed by atoms with E-state index in [0.29, 0.717) is 22.0 Å². The predicted octanol–water partition coefficient (Wildman–Crippen LogP) is 3.33. The molecule has 19 heavy (non-hydrogen) atoms. The molecule has 0 saturated carbocycles. The number of nitrogen functional groups attached to an aromatic ring is 1. The number of hydrogen-bond acceptors (Lipinski definition) is 3. The summed E-state index contributed by atoms with van der Waals surface area (Å²) in [5, 5.41) is 15.1. The zero-order valence-electron chi connectivity index (χ0n) is 11.5. The van der Waals surface area contributed by atoms with Gasteiger partial charge in [0.1, 0.15) is 11.6 Å². The molecule has 0 aliphatic carbocycles. The molecule has 0 aliphatic heterocycles. The van der Waals surface area contributed by atoms with Gasteiger partial charge in [0.25, 0.3) is 0 Å². The molecule has 5 heteroatoms. The van der Waals surface area contributed by atoms with E-state index in [1.54, 1.807) is 30.1 Å². The molecular weight excluding hydrogens is 262 g/mol. The van der Waals surface area contributed by atoms with Crippen LogP contribution in [0.15, 0.2) is 18.3 Å². The van der Waals surface area contributed by atoms with Gasteiger partial charge in [0, 0.05) is 28.8 Å². The highest BCUT2D eigenvalue weighted by Gasteiger charge is 2.23. The van der Waals surface area contributed by atoms with Crippen LogP contribution in [0.4, 0.5) is 5.82 Å². The summed E-state index contributed by atoms with van der Waals surface area (Å²) in [5.74, 6) is 0.703. The fourth-order valence-corrected chi connectivity index (χ4v) is 2.25. The molecule has 0 amide bonds. The SMILES string of the molecule is Cn1ncc(-c2cc(Cl)cc(C(C)(C)C)c2O)c1N. The third kappa shape index (κ3) is 2.40. The summed E-state index contributed by atoms with van der Waals surface area (Å²) >= 11 is 6.16. The maximum atomic E-state index is 10.5. The minimum absolute atomic E-state index is 0.205. The number of hydrogen-bond donors (Lipinski definition) is 2. The van der Waals surface area contributed by atoms with Crippen LogP contribution in [0.25, 0.3) is 11.1 Å². The number of benzene rings is 1. The summed E-state index contributed by atoms with van der Waals surface area (Å²) < 4.78 is 1.56. The van der Waals surface area contributed by atoms with Gasteiger partial charge < -0.3 is 10.8 Å². The highest BCUT2D eigenvalue weighted by molar-refractivity contribution is 6.31. The molecule has 0 aliphatic rings. The Kier molecular flexibility index (Phi) is 3.22. The Morgan fingerprint density at radius 1 is 1.26 bits per heavy atom. The van der Waals surface area contributed by atoms with E-state index in [2.05, 4.69) is 5.10 Å². The van der Waals surface area contributed by atoms with Crippen LogP contribution in [-0.2, 0) is 12.5 Å². The summed E-state index contributed by atoms with van der Waals surface area (Å²) in [5.41, 5.74) is 7.84. The monoisotopic (exact) mass is 279 g/mol. The van der Waals surface area contributed by atoms with Crippen LogP contribution >= 0.6 is 11.6 Å². The van der Waals surface area contributed by atoms with E-state index < -0.39 is 0 Å². The molecule has 2 rings (SSSR count). The van der Waals surface area contributed by atoms with Crippen molar-refractivity contribution in [2.45, 2.75) is 26.2 Å². The lowest BCUT2D eigenvalue weighted by Gasteiger charge is -2.22. The molecule has 0 spiro atoms. The molecule has 0 saturated heterocycles. The van der Waals surface area contributed by atoms with Crippen LogP contribution in [0.3, 0.4) is 0 Å². The molecule has 1 aromatic heterocycles. The second-order valence-corrected chi connectivity index (χ2v) is 6.10. The minimum Gasteiger partial charge on any atom is -0.507 e. The van der Waals surface area contributed by atoms with Crippen molar-refractivity contribution in [3.63, 3.8) is 0 Å². The van der Waals surface area contributed by atoms with Crippen LogP contribution in [0.2, 0.25) is 5.02 Å². The van der Waals surface area contributed by atoms with Crippen LogP contribution in [-0.4, -0.2) is 14.9 Å². The Hall–Kier alpha value is -1.68. The molecule has 0 bridgehead atoms. The number of aromatic nitrogens is 2. The van der Waals surface area contributed by atoms with Crippen molar-refractivity contribution in [1.29, 1.82) is 0 Å². The average molecular weight is 280 g/mol. The van der Waals surface area contributed by atoms with Crippen LogP contribution < -0.4 is 5.73 Å². The van der Waals surface area contributed by atoms with Gasteiger partial charge in [-0.15, -0.1) is 0 Å². The number of halogens is 1. The fraction of sp³-hybridized carbons (Fsp3) is 0.357. The summed E-state index contributed by atoms with van der Waals surface area (Å²) in [7, 11) is 1.76. The number of phenols is 1. The van der Waals surface area contributed by atoms with Gasteiger partial charge in [0.2, 0.25) is 0 Å². The molecule has 1 heterocycles. The Balaban J connectivity index is 2.72. The molecule has 0 radical (unpaired) electrons. The molecule has 2 aromatic rings. The maximum Gasteiger partial charge on any atom is 0.129 e. The minimum atomic E-state index is -0.208. The van der Waals surface area contributed by atoms with Gasteiger partial charge in [0.05, 0.1) is 6.20 Å². The van der Waals surface area contributed by atoms with Crippen molar-refractivity contribution < 1.29 is 5.11 Å². The number of nitrogens with two attached hydrogens (primary N) is 1. The number of aromatic hydroxyl groups is 1. The number of aryl methyl sites for hydroxylation is 1. The number of rotatable bonds is 1. The second kappa shape index (κ2) is 4.46. The van der Waals surface area contributed by atoms with Crippen molar-refractivity contribution in [2.75, 3.05) is 5.73 Å². The van der Waals surface area contributed by atoms with E-state index in [1.165, 1.54) is 0 Å². The second-order valence-electron chi connectivity index (χ2n) is 5.67. The lowest BCUT2D eigenvalue weighted by atomic mass is 9.84. The fourth-order valence-electron chi connectivity index (χ4n) is 2.03. The first kappa shape index (κ1) is 13.7. The van der Waals surface area contributed by atoms with Crippen molar-refractivity contribution in [2.24, 2.45) is 7.05 Å². The van der Waals surface area contributed by atoms with Gasteiger partial charge in [-0.3, -0.25) is 4.68 Å². The normalized spacial score (nSPS) is 11.8. The number of phenolic OH excluding ortho intramolecular Hbond substituents is 1. The molecule has 102 valence electrons. The summed E-state index contributed by atoms with van der Waals surface area (Å²) in [6, 6.07) is 3.49. The molecule has 0 unspecified atom stereocenters. The third-order valence-electron chi connectivity index (χ3n) is 3.16. The number of nitrogens with zero attached hydrogens (tertiary/aromatic N) is 2.